The van der Waals surface area contributed by atoms with Crippen molar-refractivity contribution in [2.24, 2.45) is 5.92 Å². The molecule has 0 aliphatic carbocycles. The summed E-state index contributed by atoms with van der Waals surface area (Å²) in [6.45, 7) is 6.36. The molecule has 35 heavy (non-hydrogen) atoms. The first-order valence-corrected chi connectivity index (χ1v) is 12.0. The molecule has 2 aromatic rings. The fraction of sp³-hybridized carbons (Fsp3) is 0.462. The third kappa shape index (κ3) is 7.99. The average molecular weight is 491 g/mol. The highest BCUT2D eigenvalue weighted by Crippen LogP contribution is 2.30. The SMILES string of the molecule is CCC(C)C(NC(=O)Nc1cccc(C(F)(F)F)c1)C(=O)NC1CCN(Cc2ccccc2)CC1. The first kappa shape index (κ1) is 26.5. The van der Waals surface area contributed by atoms with Crippen LogP contribution in [0.5, 0.6) is 0 Å². The van der Waals surface area contributed by atoms with Gasteiger partial charge in [-0.2, -0.15) is 13.2 Å². The van der Waals surface area contributed by atoms with E-state index in [0.29, 0.717) is 6.42 Å². The van der Waals surface area contributed by atoms with E-state index in [0.717, 1.165) is 44.6 Å². The molecule has 3 amide bonds. The number of nitrogens with zero attached hydrogens (tertiary/aromatic N) is 1. The van der Waals surface area contributed by atoms with Gasteiger partial charge in [-0.05, 0) is 42.5 Å². The highest BCUT2D eigenvalue weighted by atomic mass is 19.4. The maximum atomic E-state index is 13.0. The van der Waals surface area contributed by atoms with Gasteiger partial charge < -0.3 is 16.0 Å². The number of nitrogens with one attached hydrogen (secondary N) is 3. The Morgan fingerprint density at radius 2 is 1.74 bits per heavy atom. The molecule has 3 N–H and O–H groups in total. The minimum atomic E-state index is -4.51. The quantitative estimate of drug-likeness (QED) is 0.486. The van der Waals surface area contributed by atoms with Crippen LogP contribution in [-0.4, -0.2) is 42.0 Å². The molecule has 1 fully saturated rings. The molecular formula is C26H33F3N4O2. The van der Waals surface area contributed by atoms with Crippen LogP contribution >= 0.6 is 0 Å². The summed E-state index contributed by atoms with van der Waals surface area (Å²) in [5.41, 5.74) is 0.402. The lowest BCUT2D eigenvalue weighted by Crippen LogP contribution is -2.55. The normalized spacial score (nSPS) is 16.8. The lowest BCUT2D eigenvalue weighted by molar-refractivity contribution is -0.137. The number of carbonyl (C=O) groups is 2. The number of halogens is 3. The van der Waals surface area contributed by atoms with E-state index in [1.165, 1.54) is 17.7 Å². The van der Waals surface area contributed by atoms with Crippen LogP contribution in [0.15, 0.2) is 54.6 Å². The Morgan fingerprint density at radius 1 is 1.06 bits per heavy atom. The minimum absolute atomic E-state index is 0.00595. The van der Waals surface area contributed by atoms with Gasteiger partial charge in [-0.3, -0.25) is 9.69 Å². The molecule has 0 spiro atoms. The van der Waals surface area contributed by atoms with Crippen molar-refractivity contribution < 1.29 is 22.8 Å². The van der Waals surface area contributed by atoms with Crippen molar-refractivity contribution in [1.29, 1.82) is 0 Å². The van der Waals surface area contributed by atoms with E-state index >= 15 is 0 Å². The zero-order valence-corrected chi connectivity index (χ0v) is 20.1. The molecule has 6 nitrogen and oxygen atoms in total. The molecule has 0 bridgehead atoms. The summed E-state index contributed by atoms with van der Waals surface area (Å²) in [5.74, 6) is -0.430. The van der Waals surface area contributed by atoms with Crippen molar-refractivity contribution in [2.75, 3.05) is 18.4 Å². The summed E-state index contributed by atoms with van der Waals surface area (Å²) in [6, 6.07) is 13.1. The lowest BCUT2D eigenvalue weighted by Gasteiger charge is -2.34. The predicted molar refractivity (Wildman–Crippen MR) is 130 cm³/mol. The van der Waals surface area contributed by atoms with Crippen LogP contribution in [0, 0.1) is 5.92 Å². The molecule has 2 atom stereocenters. The molecule has 2 aromatic carbocycles. The van der Waals surface area contributed by atoms with E-state index in [-0.39, 0.29) is 23.6 Å². The van der Waals surface area contributed by atoms with Gasteiger partial charge in [0.15, 0.2) is 0 Å². The number of likely N-dealkylation sites (tertiary alicyclic amines) is 1. The summed E-state index contributed by atoms with van der Waals surface area (Å²) < 4.78 is 38.8. The molecule has 0 saturated carbocycles. The second-order valence-electron chi connectivity index (χ2n) is 9.08. The number of piperidine rings is 1. The van der Waals surface area contributed by atoms with Gasteiger partial charge in [0.1, 0.15) is 6.04 Å². The van der Waals surface area contributed by atoms with Crippen molar-refractivity contribution in [2.45, 2.75) is 57.9 Å². The Labute approximate surface area is 204 Å². The molecule has 3 rings (SSSR count). The van der Waals surface area contributed by atoms with E-state index in [2.05, 4.69) is 33.0 Å². The molecule has 1 aliphatic rings. The zero-order chi connectivity index (χ0) is 25.4. The van der Waals surface area contributed by atoms with E-state index in [1.807, 2.05) is 32.0 Å². The Kier molecular flexibility index (Phi) is 9.14. The van der Waals surface area contributed by atoms with Crippen molar-refractivity contribution in [3.05, 3.63) is 65.7 Å². The number of benzene rings is 2. The van der Waals surface area contributed by atoms with Crippen LogP contribution in [0.4, 0.5) is 23.7 Å². The van der Waals surface area contributed by atoms with Crippen molar-refractivity contribution in [3.63, 3.8) is 0 Å². The fourth-order valence-electron chi connectivity index (χ4n) is 4.15. The molecular weight excluding hydrogens is 457 g/mol. The number of carbonyl (C=O) groups excluding carboxylic acids is 2. The molecule has 0 radical (unpaired) electrons. The van der Waals surface area contributed by atoms with Crippen molar-refractivity contribution >= 4 is 17.6 Å². The van der Waals surface area contributed by atoms with Crippen LogP contribution in [-0.2, 0) is 17.5 Å². The Bertz CT molecular complexity index is 976. The third-order valence-corrected chi connectivity index (χ3v) is 6.41. The molecule has 1 saturated heterocycles. The van der Waals surface area contributed by atoms with E-state index in [9.17, 15) is 22.8 Å². The first-order chi connectivity index (χ1) is 16.7. The van der Waals surface area contributed by atoms with Crippen molar-refractivity contribution in [3.8, 4) is 0 Å². The summed E-state index contributed by atoms with van der Waals surface area (Å²) in [5, 5.41) is 8.13. The van der Waals surface area contributed by atoms with Gasteiger partial charge >= 0.3 is 12.2 Å². The number of hydrogen-bond donors (Lipinski definition) is 3. The van der Waals surface area contributed by atoms with E-state index in [1.54, 1.807) is 0 Å². The van der Waals surface area contributed by atoms with Gasteiger partial charge in [0.25, 0.3) is 0 Å². The number of amides is 3. The average Bonchev–Trinajstić information content (AvgIpc) is 2.83. The second-order valence-corrected chi connectivity index (χ2v) is 9.08. The first-order valence-electron chi connectivity index (χ1n) is 12.0. The van der Waals surface area contributed by atoms with Gasteiger partial charge in [-0.25, -0.2) is 4.79 Å². The van der Waals surface area contributed by atoms with Crippen LogP contribution in [0.2, 0.25) is 0 Å². The highest BCUT2D eigenvalue weighted by molar-refractivity contribution is 5.94. The predicted octanol–water partition coefficient (Wildman–Crippen LogP) is 5.02. The van der Waals surface area contributed by atoms with Gasteiger partial charge in [0.05, 0.1) is 5.56 Å². The van der Waals surface area contributed by atoms with Gasteiger partial charge in [0.2, 0.25) is 5.91 Å². The van der Waals surface area contributed by atoms with Gasteiger partial charge in [-0.15, -0.1) is 0 Å². The molecule has 2 unspecified atom stereocenters. The monoisotopic (exact) mass is 490 g/mol. The summed E-state index contributed by atoms with van der Waals surface area (Å²) in [7, 11) is 0. The van der Waals surface area contributed by atoms with E-state index in [4.69, 9.17) is 0 Å². The largest absolute Gasteiger partial charge is 0.416 e. The number of rotatable bonds is 8. The third-order valence-electron chi connectivity index (χ3n) is 6.41. The van der Waals surface area contributed by atoms with Gasteiger partial charge in [0, 0.05) is 31.4 Å². The van der Waals surface area contributed by atoms with Crippen LogP contribution in [0.3, 0.4) is 0 Å². The molecule has 190 valence electrons. The van der Waals surface area contributed by atoms with Crippen LogP contribution < -0.4 is 16.0 Å². The van der Waals surface area contributed by atoms with E-state index < -0.39 is 23.8 Å². The van der Waals surface area contributed by atoms with Crippen LogP contribution in [0.1, 0.15) is 44.2 Å². The Balaban J connectivity index is 1.53. The Hall–Kier alpha value is -3.07. The number of alkyl halides is 3. The fourth-order valence-corrected chi connectivity index (χ4v) is 4.15. The standard InChI is InChI=1S/C26H33F3N4O2/c1-3-18(2)23(32-25(35)31-22-11-7-10-20(16-22)26(27,28)29)24(34)30-21-12-14-33(15-13-21)17-19-8-5-4-6-9-19/h4-11,16,18,21,23H,3,12-15,17H2,1-2H3,(H,30,34)(H2,31,32,35). The summed E-state index contributed by atoms with van der Waals surface area (Å²) in [6.07, 6.45) is -2.24. The van der Waals surface area contributed by atoms with Crippen molar-refractivity contribution in [1.82, 2.24) is 15.5 Å². The Morgan fingerprint density at radius 3 is 2.37 bits per heavy atom. The number of urea groups is 1. The zero-order valence-electron chi connectivity index (χ0n) is 20.1. The molecule has 0 aromatic heterocycles. The molecule has 9 heteroatoms. The number of anilines is 1. The second kappa shape index (κ2) is 12.1. The highest BCUT2D eigenvalue weighted by Gasteiger charge is 2.31. The lowest BCUT2D eigenvalue weighted by atomic mass is 9.97. The molecule has 1 heterocycles. The van der Waals surface area contributed by atoms with Gasteiger partial charge in [-0.1, -0.05) is 56.7 Å². The summed E-state index contributed by atoms with van der Waals surface area (Å²) >= 11 is 0. The maximum absolute atomic E-state index is 13.0. The van der Waals surface area contributed by atoms with Crippen LogP contribution in [0.25, 0.3) is 0 Å². The minimum Gasteiger partial charge on any atom is -0.351 e. The number of hydrogen-bond acceptors (Lipinski definition) is 3. The molecule has 1 aliphatic heterocycles. The summed E-state index contributed by atoms with van der Waals surface area (Å²) in [4.78, 5) is 27.9. The smallest absolute Gasteiger partial charge is 0.351 e. The maximum Gasteiger partial charge on any atom is 0.416 e. The topological polar surface area (TPSA) is 73.5 Å².